The van der Waals surface area contributed by atoms with Gasteiger partial charge in [-0.1, -0.05) is 6.07 Å². The molecule has 2 rings (SSSR count). The van der Waals surface area contributed by atoms with Crippen molar-refractivity contribution in [2.75, 3.05) is 7.11 Å². The van der Waals surface area contributed by atoms with Crippen molar-refractivity contribution in [3.8, 4) is 5.75 Å². The Labute approximate surface area is 119 Å². The lowest BCUT2D eigenvalue weighted by atomic mass is 9.78. The van der Waals surface area contributed by atoms with Gasteiger partial charge >= 0.3 is 7.12 Å². The van der Waals surface area contributed by atoms with E-state index in [1.165, 1.54) is 7.11 Å². The van der Waals surface area contributed by atoms with Gasteiger partial charge in [0, 0.05) is 0 Å². The molecule has 0 saturated carbocycles. The number of hydrogen-bond donors (Lipinski definition) is 1. The fraction of sp³-hybridized carbons (Fsp3) is 0.500. The molecule has 2 N–H and O–H groups in total. The molecule has 1 saturated heterocycles. The smallest absolute Gasteiger partial charge is 0.494 e. The molecule has 20 heavy (non-hydrogen) atoms. The summed E-state index contributed by atoms with van der Waals surface area (Å²) in [5.41, 5.74) is 5.62. The van der Waals surface area contributed by atoms with Crippen LogP contribution in [0.3, 0.4) is 0 Å². The minimum atomic E-state index is -0.526. The van der Waals surface area contributed by atoms with Crippen molar-refractivity contribution in [2.45, 2.75) is 38.9 Å². The number of carbonyl (C=O) groups is 1. The molecule has 0 spiro atoms. The van der Waals surface area contributed by atoms with Crippen molar-refractivity contribution in [2.24, 2.45) is 5.73 Å². The van der Waals surface area contributed by atoms with Crippen molar-refractivity contribution in [1.29, 1.82) is 0 Å². The van der Waals surface area contributed by atoms with Gasteiger partial charge in [-0.3, -0.25) is 4.79 Å². The lowest BCUT2D eigenvalue weighted by molar-refractivity contribution is 0.00578. The van der Waals surface area contributed by atoms with Crippen LogP contribution in [0.25, 0.3) is 0 Å². The topological polar surface area (TPSA) is 70.8 Å². The highest BCUT2D eigenvalue weighted by molar-refractivity contribution is 6.62. The van der Waals surface area contributed by atoms with Crippen LogP contribution in [0.2, 0.25) is 0 Å². The average Bonchev–Trinajstić information content (AvgIpc) is 2.57. The molecule has 1 amide bonds. The Morgan fingerprint density at radius 1 is 1.20 bits per heavy atom. The van der Waals surface area contributed by atoms with Crippen LogP contribution in [0.15, 0.2) is 18.2 Å². The molecule has 0 aromatic heterocycles. The lowest BCUT2D eigenvalue weighted by Gasteiger charge is -2.32. The summed E-state index contributed by atoms with van der Waals surface area (Å²) >= 11 is 0. The first kappa shape index (κ1) is 14.9. The zero-order valence-corrected chi connectivity index (χ0v) is 12.5. The second-order valence-electron chi connectivity index (χ2n) is 5.91. The van der Waals surface area contributed by atoms with Gasteiger partial charge in [0.05, 0.1) is 23.9 Å². The lowest BCUT2D eigenvalue weighted by Crippen LogP contribution is -2.41. The van der Waals surface area contributed by atoms with Gasteiger partial charge in [-0.05, 0) is 45.3 Å². The Bertz CT molecular complexity index is 526. The van der Waals surface area contributed by atoms with Gasteiger partial charge in [0.1, 0.15) is 5.75 Å². The van der Waals surface area contributed by atoms with E-state index in [4.69, 9.17) is 19.8 Å². The van der Waals surface area contributed by atoms with E-state index >= 15 is 0 Å². The molecule has 1 aromatic rings. The average molecular weight is 277 g/mol. The van der Waals surface area contributed by atoms with E-state index < -0.39 is 24.2 Å². The fourth-order valence-corrected chi connectivity index (χ4v) is 2.04. The number of primary amides is 1. The third-order valence-corrected chi connectivity index (χ3v) is 4.02. The maximum Gasteiger partial charge on any atom is 0.494 e. The molecule has 5 nitrogen and oxygen atoms in total. The van der Waals surface area contributed by atoms with Crippen LogP contribution >= 0.6 is 0 Å². The van der Waals surface area contributed by atoms with E-state index in [-0.39, 0.29) is 0 Å². The molecule has 1 aliphatic heterocycles. The fourth-order valence-electron chi connectivity index (χ4n) is 2.04. The maximum atomic E-state index is 11.3. The van der Waals surface area contributed by atoms with Gasteiger partial charge in [0.25, 0.3) is 5.91 Å². The van der Waals surface area contributed by atoms with Crippen LogP contribution < -0.4 is 15.9 Å². The van der Waals surface area contributed by atoms with Crippen LogP contribution in [0.1, 0.15) is 38.1 Å². The molecule has 0 aliphatic carbocycles. The van der Waals surface area contributed by atoms with Crippen LogP contribution in [-0.4, -0.2) is 31.3 Å². The van der Waals surface area contributed by atoms with Crippen molar-refractivity contribution in [3.63, 3.8) is 0 Å². The molecule has 0 radical (unpaired) electrons. The van der Waals surface area contributed by atoms with Gasteiger partial charge in [-0.2, -0.15) is 0 Å². The number of amides is 1. The quantitative estimate of drug-likeness (QED) is 0.840. The molecular weight excluding hydrogens is 257 g/mol. The molecule has 1 heterocycles. The molecule has 0 atom stereocenters. The Morgan fingerprint density at radius 2 is 1.75 bits per heavy atom. The third-order valence-electron chi connectivity index (χ3n) is 4.02. The summed E-state index contributed by atoms with van der Waals surface area (Å²) in [4.78, 5) is 11.3. The van der Waals surface area contributed by atoms with Crippen molar-refractivity contribution in [3.05, 3.63) is 23.8 Å². The number of benzene rings is 1. The summed E-state index contributed by atoms with van der Waals surface area (Å²) in [7, 11) is 1.01. The molecule has 108 valence electrons. The first-order valence-corrected chi connectivity index (χ1v) is 6.51. The molecule has 0 unspecified atom stereocenters. The molecule has 0 bridgehead atoms. The molecule has 1 fully saturated rings. The third kappa shape index (κ3) is 2.41. The summed E-state index contributed by atoms with van der Waals surface area (Å²) in [5, 5.41) is 0. The second-order valence-corrected chi connectivity index (χ2v) is 5.91. The molecule has 1 aromatic carbocycles. The summed E-state index contributed by atoms with van der Waals surface area (Å²) in [6.45, 7) is 7.95. The summed E-state index contributed by atoms with van der Waals surface area (Å²) in [6, 6.07) is 5.12. The van der Waals surface area contributed by atoms with E-state index in [1.807, 2.05) is 27.7 Å². The van der Waals surface area contributed by atoms with E-state index in [2.05, 4.69) is 0 Å². The van der Waals surface area contributed by atoms with Crippen LogP contribution in [0, 0.1) is 0 Å². The number of carbonyl (C=O) groups excluding carboxylic acids is 1. The summed E-state index contributed by atoms with van der Waals surface area (Å²) in [6.07, 6.45) is 0. The monoisotopic (exact) mass is 277 g/mol. The van der Waals surface area contributed by atoms with Gasteiger partial charge in [-0.15, -0.1) is 0 Å². The van der Waals surface area contributed by atoms with Crippen molar-refractivity contribution in [1.82, 2.24) is 0 Å². The second kappa shape index (κ2) is 4.79. The highest BCUT2D eigenvalue weighted by atomic mass is 16.7. The minimum Gasteiger partial charge on any atom is -0.496 e. The minimum absolute atomic E-state index is 0.341. The molecular formula is C14H20BNO4. The highest BCUT2D eigenvalue weighted by Gasteiger charge is 2.51. The zero-order chi connectivity index (χ0) is 15.1. The Morgan fingerprint density at radius 3 is 2.20 bits per heavy atom. The maximum absolute atomic E-state index is 11.3. The number of hydrogen-bond acceptors (Lipinski definition) is 4. The molecule has 1 aliphatic rings. The number of methoxy groups -OCH3 is 1. The zero-order valence-electron chi connectivity index (χ0n) is 12.5. The van der Waals surface area contributed by atoms with Crippen LogP contribution in [-0.2, 0) is 9.31 Å². The van der Waals surface area contributed by atoms with E-state index in [0.717, 1.165) is 5.46 Å². The highest BCUT2D eigenvalue weighted by Crippen LogP contribution is 2.36. The van der Waals surface area contributed by atoms with Gasteiger partial charge in [0.15, 0.2) is 0 Å². The van der Waals surface area contributed by atoms with E-state index in [0.29, 0.717) is 11.3 Å². The summed E-state index contributed by atoms with van der Waals surface area (Å²) < 4.78 is 17.1. The number of nitrogens with two attached hydrogens (primary N) is 1. The first-order valence-electron chi connectivity index (χ1n) is 6.51. The largest absolute Gasteiger partial charge is 0.496 e. The van der Waals surface area contributed by atoms with Gasteiger partial charge < -0.3 is 19.8 Å². The van der Waals surface area contributed by atoms with Crippen LogP contribution in [0.4, 0.5) is 0 Å². The van der Waals surface area contributed by atoms with Gasteiger partial charge in [0.2, 0.25) is 0 Å². The summed E-state index contributed by atoms with van der Waals surface area (Å²) in [5.74, 6) is -0.105. The number of ether oxygens (including phenoxy) is 1. The SMILES string of the molecule is COc1cc(B2OC(C)(C)C(C)(C)O2)ccc1C(N)=O. The van der Waals surface area contributed by atoms with Crippen LogP contribution in [0.5, 0.6) is 5.75 Å². The predicted octanol–water partition coefficient (Wildman–Crippen LogP) is 1.09. The number of rotatable bonds is 3. The molecule has 6 heteroatoms. The van der Waals surface area contributed by atoms with Gasteiger partial charge in [-0.25, -0.2) is 0 Å². The van der Waals surface area contributed by atoms with Crippen molar-refractivity contribution < 1.29 is 18.8 Å². The van der Waals surface area contributed by atoms with E-state index in [1.54, 1.807) is 18.2 Å². The van der Waals surface area contributed by atoms with E-state index in [9.17, 15) is 4.79 Å². The Hall–Kier alpha value is -1.53. The standard InChI is InChI=1S/C14H20BNO4/c1-13(2)14(3,4)20-15(19-13)9-6-7-10(12(16)17)11(8-9)18-5/h6-8H,1-5H3,(H2,16,17). The first-order chi connectivity index (χ1) is 9.18. The predicted molar refractivity (Wildman–Crippen MR) is 77.2 cm³/mol. The Kier molecular flexibility index (Phi) is 3.56. The normalized spacial score (nSPS) is 19.9. The van der Waals surface area contributed by atoms with Crippen molar-refractivity contribution >= 4 is 18.5 Å². The Balaban J connectivity index is 2.34.